The van der Waals surface area contributed by atoms with E-state index in [9.17, 15) is 4.79 Å². The molecule has 0 fully saturated rings. The molecule has 0 saturated carbocycles. The highest BCUT2D eigenvalue weighted by Crippen LogP contribution is 2.35. The van der Waals surface area contributed by atoms with E-state index < -0.39 is 0 Å². The van der Waals surface area contributed by atoms with Gasteiger partial charge in [-0.25, -0.2) is 0 Å². The van der Waals surface area contributed by atoms with Gasteiger partial charge in [0.15, 0.2) is 5.78 Å². The summed E-state index contributed by atoms with van der Waals surface area (Å²) < 4.78 is 2.08. The number of carbonyl (C=O) groups excluding carboxylic acids is 1. The number of fused-ring (bicyclic) bond motifs is 2. The van der Waals surface area contributed by atoms with Crippen LogP contribution in [-0.4, -0.2) is 15.3 Å². The van der Waals surface area contributed by atoms with Crippen molar-refractivity contribution < 1.29 is 7.65 Å². The third kappa shape index (κ3) is 2.40. The maximum absolute atomic E-state index is 12.6. The smallest absolute Gasteiger partial charge is 0.160 e. The van der Waals surface area contributed by atoms with E-state index in [-0.39, 0.29) is 8.64 Å². The number of hydrogen-bond acceptors (Lipinski definition) is 1. The molecule has 3 nitrogen and oxygen atoms in total. The molecule has 0 aliphatic carbocycles. The molecule has 25 heavy (non-hydrogen) atoms. The van der Waals surface area contributed by atoms with Crippen LogP contribution in [0, 0.1) is 0 Å². The molecule has 3 heteroatoms. The zero-order chi connectivity index (χ0) is 17.6. The minimum atomic E-state index is 0. The average molecular weight is 332 g/mol. The van der Waals surface area contributed by atoms with Crippen LogP contribution in [0.1, 0.15) is 27.8 Å². The van der Waals surface area contributed by atoms with Gasteiger partial charge in [0.05, 0.1) is 0 Å². The zero-order valence-corrected chi connectivity index (χ0v) is 14.6. The predicted octanol–water partition coefficient (Wildman–Crippen LogP) is 5.67. The normalized spacial score (nSPS) is 12.6. The number of rotatable bonds is 3. The van der Waals surface area contributed by atoms with Gasteiger partial charge >= 0.3 is 0 Å². The number of aromatic amines is 1. The van der Waals surface area contributed by atoms with Crippen molar-refractivity contribution in [3.05, 3.63) is 72.1 Å². The fourth-order valence-electron chi connectivity index (χ4n) is 3.71. The van der Waals surface area contributed by atoms with E-state index in [0.717, 1.165) is 44.1 Å². The quantitative estimate of drug-likeness (QED) is 0.482. The number of para-hydroxylation sites is 2. The largest absolute Gasteiger partial charge is 0.361 e. The summed E-state index contributed by atoms with van der Waals surface area (Å²) in [5.74, 6) is 0.0825. The molecule has 1 N–H and O–H groups in total. The lowest BCUT2D eigenvalue weighted by atomic mass is 9.93. The summed E-state index contributed by atoms with van der Waals surface area (Å²) in [6.07, 6.45) is 4.05. The zero-order valence-electron chi connectivity index (χ0n) is 14.6. The van der Waals surface area contributed by atoms with Gasteiger partial charge in [-0.3, -0.25) is 4.79 Å². The minimum absolute atomic E-state index is 0. The SMILES string of the molecule is CC(=O)/C(=C(\C)c1c[nH]c2ccccc12)c1cn(C)c2ccccc12.[HH].[HH]. The molecule has 0 aliphatic rings. The number of aryl methyl sites for hydroxylation is 1. The lowest BCUT2D eigenvalue weighted by Gasteiger charge is -2.09. The molecular formula is C22H24N2O. The van der Waals surface area contributed by atoms with Gasteiger partial charge in [-0.05, 0) is 31.6 Å². The molecule has 0 radical (unpaired) electrons. The second kappa shape index (κ2) is 5.78. The van der Waals surface area contributed by atoms with Crippen LogP contribution in [0.5, 0.6) is 0 Å². The van der Waals surface area contributed by atoms with Crippen molar-refractivity contribution in [2.24, 2.45) is 7.05 Å². The highest BCUT2D eigenvalue weighted by atomic mass is 16.1. The molecule has 128 valence electrons. The van der Waals surface area contributed by atoms with Crippen molar-refractivity contribution in [1.29, 1.82) is 0 Å². The maximum atomic E-state index is 12.6. The Kier molecular flexibility index (Phi) is 3.57. The number of benzene rings is 2. The standard InChI is InChI=1S/C22H20N2O.2H2/c1-14(18-12-23-20-10-6-4-8-16(18)20)22(15(2)25)19-13-24(3)21-11-7-5-9-17(19)21;;/h4-13,23H,1-3H3;2*1H/b22-14-;;. The molecule has 0 aliphatic heterocycles. The van der Waals surface area contributed by atoms with Gasteiger partial charge in [0.1, 0.15) is 0 Å². The number of H-pyrrole nitrogens is 1. The molecule has 0 saturated heterocycles. The number of carbonyl (C=O) groups is 1. The van der Waals surface area contributed by atoms with Crippen molar-refractivity contribution >= 4 is 38.7 Å². The maximum Gasteiger partial charge on any atom is 0.160 e. The third-order valence-electron chi connectivity index (χ3n) is 4.89. The molecule has 0 unspecified atom stereocenters. The molecule has 2 aromatic carbocycles. The molecule has 4 aromatic rings. The van der Waals surface area contributed by atoms with Crippen LogP contribution >= 0.6 is 0 Å². The minimum Gasteiger partial charge on any atom is -0.361 e. The summed E-state index contributed by atoms with van der Waals surface area (Å²) in [6, 6.07) is 16.4. The van der Waals surface area contributed by atoms with E-state index in [1.54, 1.807) is 6.92 Å². The van der Waals surface area contributed by atoms with Crippen molar-refractivity contribution in [2.75, 3.05) is 0 Å². The Morgan fingerprint density at radius 2 is 1.64 bits per heavy atom. The second-order valence-corrected chi connectivity index (χ2v) is 6.47. The first-order chi connectivity index (χ1) is 12.1. The van der Waals surface area contributed by atoms with E-state index in [0.29, 0.717) is 0 Å². The molecule has 0 amide bonds. The summed E-state index contributed by atoms with van der Waals surface area (Å²) in [5, 5.41) is 2.24. The van der Waals surface area contributed by atoms with E-state index in [4.69, 9.17) is 0 Å². The Labute approximate surface area is 149 Å². The van der Waals surface area contributed by atoms with Crippen LogP contribution < -0.4 is 0 Å². The topological polar surface area (TPSA) is 37.8 Å². The number of ketones is 1. The summed E-state index contributed by atoms with van der Waals surface area (Å²) >= 11 is 0. The van der Waals surface area contributed by atoms with Gasteiger partial charge in [-0.1, -0.05) is 36.4 Å². The van der Waals surface area contributed by atoms with Crippen molar-refractivity contribution in [3.63, 3.8) is 0 Å². The summed E-state index contributed by atoms with van der Waals surface area (Å²) in [4.78, 5) is 15.9. The van der Waals surface area contributed by atoms with Gasteiger partial charge in [0, 0.05) is 60.8 Å². The third-order valence-corrected chi connectivity index (χ3v) is 4.89. The lowest BCUT2D eigenvalue weighted by Crippen LogP contribution is -1.99. The summed E-state index contributed by atoms with van der Waals surface area (Å²) in [6.45, 7) is 3.68. The van der Waals surface area contributed by atoms with Crippen LogP contribution in [0.25, 0.3) is 33.0 Å². The first-order valence-corrected chi connectivity index (χ1v) is 8.40. The lowest BCUT2D eigenvalue weighted by molar-refractivity contribution is -0.111. The van der Waals surface area contributed by atoms with Crippen LogP contribution in [0.15, 0.2) is 60.9 Å². The Morgan fingerprint density at radius 1 is 0.960 bits per heavy atom. The number of nitrogens with zero attached hydrogens (tertiary/aromatic N) is 1. The number of hydrogen-bond donors (Lipinski definition) is 1. The molecule has 0 bridgehead atoms. The second-order valence-electron chi connectivity index (χ2n) is 6.47. The monoisotopic (exact) mass is 332 g/mol. The molecule has 2 aromatic heterocycles. The number of aromatic nitrogens is 2. The van der Waals surface area contributed by atoms with E-state index in [1.165, 1.54) is 0 Å². The van der Waals surface area contributed by atoms with Gasteiger partial charge in [0.25, 0.3) is 0 Å². The molecule has 0 spiro atoms. The average Bonchev–Trinajstić information content (AvgIpc) is 3.17. The van der Waals surface area contributed by atoms with Gasteiger partial charge in [0.2, 0.25) is 0 Å². The van der Waals surface area contributed by atoms with Crippen molar-refractivity contribution in [2.45, 2.75) is 13.8 Å². The number of Topliss-reactive ketones (excluding diaryl/α,β-unsaturated/α-hetero) is 1. The molecule has 4 rings (SSSR count). The van der Waals surface area contributed by atoms with Gasteiger partial charge in [-0.2, -0.15) is 0 Å². The number of allylic oxidation sites excluding steroid dienone is 2. The van der Waals surface area contributed by atoms with Crippen molar-refractivity contribution in [1.82, 2.24) is 9.55 Å². The fraction of sp³-hybridized carbons (Fsp3) is 0.136. The first kappa shape index (κ1) is 15.5. The Morgan fingerprint density at radius 3 is 2.40 bits per heavy atom. The van der Waals surface area contributed by atoms with Crippen LogP contribution in [0.3, 0.4) is 0 Å². The van der Waals surface area contributed by atoms with E-state index in [1.807, 2.05) is 44.4 Å². The summed E-state index contributed by atoms with van der Waals surface area (Å²) in [7, 11) is 2.02. The Hall–Kier alpha value is -3.07. The summed E-state index contributed by atoms with van der Waals surface area (Å²) in [5.41, 5.74) is 6.06. The molecular weight excluding hydrogens is 308 g/mol. The Bertz CT molecular complexity index is 1150. The van der Waals surface area contributed by atoms with Crippen LogP contribution in [0.4, 0.5) is 0 Å². The van der Waals surface area contributed by atoms with Crippen LogP contribution in [0.2, 0.25) is 0 Å². The van der Waals surface area contributed by atoms with Gasteiger partial charge < -0.3 is 9.55 Å². The highest BCUT2D eigenvalue weighted by molar-refractivity contribution is 6.30. The van der Waals surface area contributed by atoms with E-state index in [2.05, 4.69) is 40.0 Å². The first-order valence-electron chi connectivity index (χ1n) is 8.40. The van der Waals surface area contributed by atoms with Crippen molar-refractivity contribution in [3.8, 4) is 0 Å². The molecule has 0 atom stereocenters. The van der Waals surface area contributed by atoms with E-state index >= 15 is 0 Å². The highest BCUT2D eigenvalue weighted by Gasteiger charge is 2.19. The van der Waals surface area contributed by atoms with Gasteiger partial charge in [-0.15, -0.1) is 0 Å². The predicted molar refractivity (Wildman–Crippen MR) is 109 cm³/mol. The number of nitrogens with one attached hydrogen (secondary N) is 1. The van der Waals surface area contributed by atoms with Crippen LogP contribution in [-0.2, 0) is 11.8 Å². The Balaban J connectivity index is 0.00000131. The fourth-order valence-corrected chi connectivity index (χ4v) is 3.71. The molecule has 2 heterocycles.